The highest BCUT2D eigenvalue weighted by Crippen LogP contribution is 2.50. The molecule has 0 radical (unpaired) electrons. The van der Waals surface area contributed by atoms with E-state index in [4.69, 9.17) is 13.9 Å². The second-order valence-electron chi connectivity index (χ2n) is 7.38. The maximum atomic E-state index is 12.8. The average Bonchev–Trinajstić information content (AvgIpc) is 3.09. The molecular weight excluding hydrogens is 396 g/mol. The lowest BCUT2D eigenvalue weighted by Gasteiger charge is -2.38. The summed E-state index contributed by atoms with van der Waals surface area (Å²) < 4.78 is 17.1. The molecule has 5 rings (SSSR count). The summed E-state index contributed by atoms with van der Waals surface area (Å²) in [5.41, 5.74) is 0.142. The van der Waals surface area contributed by atoms with Gasteiger partial charge < -0.3 is 39.4 Å². The van der Waals surface area contributed by atoms with Crippen LogP contribution in [0.15, 0.2) is 45.6 Å². The number of phenolic OH excluding ortho intramolecular Hbond substituents is 2. The van der Waals surface area contributed by atoms with Gasteiger partial charge in [0.05, 0.1) is 12.2 Å². The van der Waals surface area contributed by atoms with E-state index in [1.54, 1.807) is 12.1 Å². The molecule has 1 fully saturated rings. The summed E-state index contributed by atoms with van der Waals surface area (Å²) in [4.78, 5) is 12.8. The first-order valence-corrected chi connectivity index (χ1v) is 9.31. The number of hydrogen-bond acceptors (Lipinski definition) is 9. The van der Waals surface area contributed by atoms with Crippen molar-refractivity contribution in [2.24, 2.45) is 0 Å². The molecule has 30 heavy (non-hydrogen) atoms. The minimum atomic E-state index is -1.38. The third kappa shape index (κ3) is 2.67. The third-order valence-corrected chi connectivity index (χ3v) is 5.54. The Labute approximate surface area is 169 Å². The predicted octanol–water partition coefficient (Wildman–Crippen LogP) is 0.786. The second kappa shape index (κ2) is 6.71. The molecule has 9 heteroatoms. The second-order valence-corrected chi connectivity index (χ2v) is 7.38. The zero-order chi connectivity index (χ0) is 21.2. The largest absolute Gasteiger partial charge is 0.508 e. The molecule has 0 aliphatic carbocycles. The van der Waals surface area contributed by atoms with Gasteiger partial charge in [-0.1, -0.05) is 12.1 Å². The molecule has 0 bridgehead atoms. The highest BCUT2D eigenvalue weighted by molar-refractivity contribution is 5.88. The number of aliphatic hydroxyl groups is 3. The summed E-state index contributed by atoms with van der Waals surface area (Å²) in [5, 5.41) is 50.3. The van der Waals surface area contributed by atoms with E-state index in [-0.39, 0.29) is 33.8 Å². The van der Waals surface area contributed by atoms with Crippen molar-refractivity contribution in [2.75, 3.05) is 6.61 Å². The number of phenols is 2. The quantitative estimate of drug-likeness (QED) is 0.410. The zero-order valence-electron chi connectivity index (χ0n) is 15.4. The first-order chi connectivity index (χ1) is 14.4. The van der Waals surface area contributed by atoms with Crippen molar-refractivity contribution in [3.05, 3.63) is 52.2 Å². The molecule has 2 aliphatic rings. The van der Waals surface area contributed by atoms with Crippen molar-refractivity contribution in [3.63, 3.8) is 0 Å². The van der Waals surface area contributed by atoms with Crippen LogP contribution in [0.2, 0.25) is 0 Å². The fourth-order valence-corrected chi connectivity index (χ4v) is 4.07. The molecule has 156 valence electrons. The van der Waals surface area contributed by atoms with Crippen LogP contribution in [-0.4, -0.2) is 56.6 Å². The summed E-state index contributed by atoms with van der Waals surface area (Å²) >= 11 is 0. The Morgan fingerprint density at radius 2 is 1.83 bits per heavy atom. The summed E-state index contributed by atoms with van der Waals surface area (Å²) in [6, 6.07) is 8.78. The van der Waals surface area contributed by atoms with Crippen molar-refractivity contribution in [2.45, 2.75) is 30.5 Å². The topological polar surface area (TPSA) is 150 Å². The number of aliphatic hydroxyl groups excluding tert-OH is 3. The van der Waals surface area contributed by atoms with Crippen molar-refractivity contribution in [1.82, 2.24) is 0 Å². The van der Waals surface area contributed by atoms with Gasteiger partial charge in [-0.2, -0.15) is 0 Å². The van der Waals surface area contributed by atoms with E-state index in [9.17, 15) is 30.3 Å². The van der Waals surface area contributed by atoms with Gasteiger partial charge >= 0.3 is 0 Å². The van der Waals surface area contributed by atoms with Gasteiger partial charge in [-0.25, -0.2) is 0 Å². The van der Waals surface area contributed by atoms with Crippen LogP contribution in [0, 0.1) is 0 Å². The maximum Gasteiger partial charge on any atom is 0.197 e. The minimum absolute atomic E-state index is 0.00240. The third-order valence-electron chi connectivity index (χ3n) is 5.54. The minimum Gasteiger partial charge on any atom is -0.508 e. The van der Waals surface area contributed by atoms with Gasteiger partial charge in [0, 0.05) is 17.7 Å². The summed E-state index contributed by atoms with van der Waals surface area (Å²) in [7, 11) is 0. The van der Waals surface area contributed by atoms with Crippen molar-refractivity contribution in [3.8, 4) is 28.6 Å². The number of aromatic hydroxyl groups is 2. The number of hydrogen-bond donors (Lipinski definition) is 5. The number of rotatable bonds is 2. The van der Waals surface area contributed by atoms with Crippen LogP contribution in [0.25, 0.3) is 22.3 Å². The van der Waals surface area contributed by atoms with Gasteiger partial charge in [-0.3, -0.25) is 4.79 Å². The first-order valence-electron chi connectivity index (χ1n) is 9.31. The molecule has 3 heterocycles. The molecular formula is C21H18O9. The molecule has 2 aromatic carbocycles. The monoisotopic (exact) mass is 414 g/mol. The molecule has 3 aromatic rings. The molecule has 0 saturated carbocycles. The van der Waals surface area contributed by atoms with Crippen LogP contribution < -0.4 is 10.2 Å². The fraction of sp³-hybridized carbons (Fsp3) is 0.286. The zero-order valence-corrected chi connectivity index (χ0v) is 15.4. The lowest BCUT2D eigenvalue weighted by Crippen LogP contribution is -2.55. The van der Waals surface area contributed by atoms with E-state index in [0.29, 0.717) is 5.56 Å². The molecule has 5 atom stereocenters. The highest BCUT2D eigenvalue weighted by Gasteiger charge is 2.52. The highest BCUT2D eigenvalue weighted by atomic mass is 16.6. The van der Waals surface area contributed by atoms with Gasteiger partial charge in [0.25, 0.3) is 0 Å². The normalized spacial score (nSPS) is 27.5. The number of benzene rings is 2. The van der Waals surface area contributed by atoms with Gasteiger partial charge in [0.15, 0.2) is 11.5 Å². The van der Waals surface area contributed by atoms with Gasteiger partial charge in [0.1, 0.15) is 58.4 Å². The van der Waals surface area contributed by atoms with Crippen LogP contribution >= 0.6 is 0 Å². The molecule has 2 aliphatic heterocycles. The van der Waals surface area contributed by atoms with E-state index in [1.165, 1.54) is 24.3 Å². The molecule has 0 amide bonds. The fourth-order valence-electron chi connectivity index (χ4n) is 4.07. The first kappa shape index (κ1) is 18.9. The van der Waals surface area contributed by atoms with Crippen molar-refractivity contribution >= 4 is 11.0 Å². The van der Waals surface area contributed by atoms with E-state index >= 15 is 0 Å². The van der Waals surface area contributed by atoms with Crippen LogP contribution in [0.4, 0.5) is 0 Å². The Balaban J connectivity index is 1.67. The van der Waals surface area contributed by atoms with Gasteiger partial charge in [-0.15, -0.1) is 0 Å². The maximum absolute atomic E-state index is 12.8. The van der Waals surface area contributed by atoms with Gasteiger partial charge in [0.2, 0.25) is 0 Å². The van der Waals surface area contributed by atoms with E-state index in [1.807, 2.05) is 0 Å². The van der Waals surface area contributed by atoms with Crippen LogP contribution in [0.3, 0.4) is 0 Å². The van der Waals surface area contributed by atoms with E-state index in [0.717, 1.165) is 0 Å². The smallest absolute Gasteiger partial charge is 0.197 e. The summed E-state index contributed by atoms with van der Waals surface area (Å²) in [5.74, 6) is -0.0876. The Morgan fingerprint density at radius 1 is 1.03 bits per heavy atom. The van der Waals surface area contributed by atoms with Crippen LogP contribution in [-0.2, 0) is 4.74 Å². The SMILES string of the molecule is O=c1cc(-c2cccc(O)c2)oc2cc3c(c(O)c12)[C@@H]1O[C@H](CO)[C@@H](O)[C@H](O)[C@@H]1O3. The number of fused-ring (bicyclic) bond motifs is 4. The summed E-state index contributed by atoms with van der Waals surface area (Å²) in [6.45, 7) is -0.541. The molecule has 1 aromatic heterocycles. The molecule has 9 nitrogen and oxygen atoms in total. The molecule has 0 unspecified atom stereocenters. The average molecular weight is 414 g/mol. The standard InChI is InChI=1S/C21H18O9/c22-7-14-17(25)19(27)21-20(30-14)16-13(29-21)6-12-15(18(16)26)10(24)5-11(28-12)8-2-1-3-9(23)4-8/h1-6,14,17,19-23,25-27H,7H2/t14-,17-,19+,20+,21+/m1/s1. The lowest BCUT2D eigenvalue weighted by molar-refractivity contribution is -0.215. The van der Waals surface area contributed by atoms with Crippen molar-refractivity contribution < 1.29 is 39.4 Å². The number of ether oxygens (including phenoxy) is 2. The Morgan fingerprint density at radius 3 is 2.57 bits per heavy atom. The van der Waals surface area contributed by atoms with Crippen molar-refractivity contribution in [1.29, 1.82) is 0 Å². The molecule has 0 spiro atoms. The van der Waals surface area contributed by atoms with Crippen LogP contribution in [0.5, 0.6) is 17.2 Å². The van der Waals surface area contributed by atoms with Gasteiger partial charge in [-0.05, 0) is 12.1 Å². The summed E-state index contributed by atoms with van der Waals surface area (Å²) in [6.07, 6.45) is -5.83. The lowest BCUT2D eigenvalue weighted by atomic mass is 9.92. The Bertz CT molecular complexity index is 1200. The van der Waals surface area contributed by atoms with Crippen LogP contribution in [0.1, 0.15) is 11.7 Å². The van der Waals surface area contributed by atoms with E-state index in [2.05, 4.69) is 0 Å². The molecule has 5 N–H and O–H groups in total. The Kier molecular flexibility index (Phi) is 4.23. The molecule has 1 saturated heterocycles. The predicted molar refractivity (Wildman–Crippen MR) is 102 cm³/mol. The Hall–Kier alpha value is -3.11. The van der Waals surface area contributed by atoms with E-state index < -0.39 is 48.3 Å².